The second-order valence-electron chi connectivity index (χ2n) is 8.28. The quantitative estimate of drug-likeness (QED) is 0.595. The third-order valence-electron chi connectivity index (χ3n) is 6.04. The Bertz CT molecular complexity index is 790. The molecular weight excluding hydrogens is 422 g/mol. The average molecular weight is 448 g/mol. The molecule has 1 fully saturated rings. The summed E-state index contributed by atoms with van der Waals surface area (Å²) >= 11 is 0. The van der Waals surface area contributed by atoms with Crippen LogP contribution in [0.2, 0.25) is 0 Å². The molecule has 1 heterocycles. The molecule has 0 amide bonds. The van der Waals surface area contributed by atoms with Gasteiger partial charge < -0.3 is 15.8 Å². The topological polar surface area (TPSA) is 47.3 Å². The molecule has 1 saturated heterocycles. The van der Waals surface area contributed by atoms with Gasteiger partial charge in [-0.05, 0) is 49.9 Å². The minimum absolute atomic E-state index is 0.00790. The van der Waals surface area contributed by atoms with E-state index in [0.717, 1.165) is 25.0 Å². The highest BCUT2D eigenvalue weighted by Gasteiger charge is 2.41. The molecule has 4 atom stereocenters. The molecule has 0 saturated carbocycles. The highest BCUT2D eigenvalue weighted by molar-refractivity contribution is 5.34. The van der Waals surface area contributed by atoms with Crippen molar-refractivity contribution in [3.8, 4) is 0 Å². The van der Waals surface area contributed by atoms with Crippen molar-refractivity contribution >= 4 is 0 Å². The van der Waals surface area contributed by atoms with Crippen molar-refractivity contribution in [2.45, 2.75) is 56.2 Å². The van der Waals surface area contributed by atoms with E-state index in [4.69, 9.17) is 10.5 Å². The molecule has 1 aliphatic carbocycles. The summed E-state index contributed by atoms with van der Waals surface area (Å²) in [5.41, 5.74) is 2.66. The molecule has 1 aliphatic heterocycles. The van der Waals surface area contributed by atoms with Gasteiger partial charge in [-0.3, -0.25) is 0 Å². The molecule has 1 aromatic rings. The van der Waals surface area contributed by atoms with Crippen LogP contribution in [0.15, 0.2) is 42.5 Å². The van der Waals surface area contributed by atoms with E-state index < -0.39 is 35.1 Å². The lowest BCUT2D eigenvalue weighted by molar-refractivity contribution is -0.143. The van der Waals surface area contributed by atoms with Gasteiger partial charge >= 0.3 is 12.4 Å². The molecule has 1 unspecified atom stereocenters. The molecule has 31 heavy (non-hydrogen) atoms. The predicted molar refractivity (Wildman–Crippen MR) is 105 cm³/mol. The van der Waals surface area contributed by atoms with Crippen LogP contribution < -0.4 is 11.1 Å². The van der Waals surface area contributed by atoms with Crippen LogP contribution in [0.3, 0.4) is 0 Å². The van der Waals surface area contributed by atoms with Crippen molar-refractivity contribution in [3.05, 3.63) is 59.2 Å². The van der Waals surface area contributed by atoms with E-state index in [2.05, 4.69) is 5.32 Å². The van der Waals surface area contributed by atoms with Crippen LogP contribution in [0, 0.1) is 5.92 Å². The first-order valence-electron chi connectivity index (χ1n) is 10.2. The number of benzene rings is 1. The maximum absolute atomic E-state index is 13.2. The van der Waals surface area contributed by atoms with E-state index in [1.807, 2.05) is 24.3 Å². The van der Waals surface area contributed by atoms with Crippen molar-refractivity contribution in [1.82, 2.24) is 5.32 Å². The summed E-state index contributed by atoms with van der Waals surface area (Å²) in [6.07, 6.45) is -0.603. The van der Waals surface area contributed by atoms with Gasteiger partial charge in [0.25, 0.3) is 0 Å². The number of rotatable bonds is 5. The predicted octanol–water partition coefficient (Wildman–Crippen LogP) is 5.38. The van der Waals surface area contributed by atoms with Gasteiger partial charge in [0.1, 0.15) is 0 Å². The van der Waals surface area contributed by atoms with E-state index >= 15 is 0 Å². The lowest BCUT2D eigenvalue weighted by Gasteiger charge is -2.45. The summed E-state index contributed by atoms with van der Waals surface area (Å²) in [6.45, 7) is 2.17. The smallest absolute Gasteiger partial charge is 0.372 e. The average Bonchev–Trinajstić information content (AvgIpc) is 2.72. The molecule has 2 aliphatic rings. The van der Waals surface area contributed by atoms with Gasteiger partial charge in [-0.1, -0.05) is 24.3 Å². The van der Waals surface area contributed by atoms with Gasteiger partial charge in [0.05, 0.1) is 23.8 Å². The highest BCUT2D eigenvalue weighted by Crippen LogP contribution is 2.39. The lowest BCUT2D eigenvalue weighted by Crippen LogP contribution is -2.61. The Morgan fingerprint density at radius 3 is 2.23 bits per heavy atom. The second-order valence-corrected chi connectivity index (χ2v) is 8.28. The van der Waals surface area contributed by atoms with Gasteiger partial charge in [0.15, 0.2) is 0 Å². The summed E-state index contributed by atoms with van der Waals surface area (Å²) < 4.78 is 84.9. The molecule has 3 nitrogen and oxygen atoms in total. The fourth-order valence-electron chi connectivity index (χ4n) is 4.09. The number of alkyl halides is 6. The van der Waals surface area contributed by atoms with Gasteiger partial charge in [-0.15, -0.1) is 0 Å². The van der Waals surface area contributed by atoms with Crippen LogP contribution in [0.5, 0.6) is 0 Å². The highest BCUT2D eigenvalue weighted by atomic mass is 19.4. The van der Waals surface area contributed by atoms with Crippen LogP contribution in [0.1, 0.15) is 49.0 Å². The fourth-order valence-corrected chi connectivity index (χ4v) is 4.09. The Hall–Kier alpha value is -1.84. The van der Waals surface area contributed by atoms with E-state index in [1.54, 1.807) is 0 Å². The molecular formula is C22H26F6N2O. The molecule has 0 aromatic heterocycles. The fraction of sp³-hybridized carbons (Fsp3) is 0.545. The molecule has 1 aromatic carbocycles. The number of nitrogens with one attached hydrogen (secondary N) is 1. The third-order valence-corrected chi connectivity index (χ3v) is 6.04. The number of allylic oxidation sites excluding steroid dienone is 3. The van der Waals surface area contributed by atoms with Crippen LogP contribution in [0.25, 0.3) is 0 Å². The third kappa shape index (κ3) is 5.70. The van der Waals surface area contributed by atoms with Crippen LogP contribution >= 0.6 is 0 Å². The van der Waals surface area contributed by atoms with Crippen molar-refractivity contribution in [2.75, 3.05) is 13.2 Å². The number of ether oxygens (including phenoxy) is 1. The first-order chi connectivity index (χ1) is 14.4. The lowest BCUT2D eigenvalue weighted by atomic mass is 9.74. The molecule has 172 valence electrons. The summed E-state index contributed by atoms with van der Waals surface area (Å²) in [7, 11) is 0. The molecule has 3 rings (SSSR count). The Morgan fingerprint density at radius 2 is 1.74 bits per heavy atom. The monoisotopic (exact) mass is 448 g/mol. The molecule has 0 bridgehead atoms. The van der Waals surface area contributed by atoms with Gasteiger partial charge in [-0.25, -0.2) is 0 Å². The van der Waals surface area contributed by atoms with Crippen molar-refractivity contribution in [2.24, 2.45) is 11.7 Å². The zero-order valence-electron chi connectivity index (χ0n) is 17.1. The summed E-state index contributed by atoms with van der Waals surface area (Å²) in [5.74, 6) is 0.0874. The van der Waals surface area contributed by atoms with Crippen molar-refractivity contribution in [1.29, 1.82) is 0 Å². The number of piperidine rings is 1. The second kappa shape index (κ2) is 8.96. The molecule has 9 heteroatoms. The summed E-state index contributed by atoms with van der Waals surface area (Å²) in [5, 5.41) is 3.44. The van der Waals surface area contributed by atoms with E-state index in [1.165, 1.54) is 6.92 Å². The Labute approximate surface area is 177 Å². The maximum Gasteiger partial charge on any atom is 0.416 e. The summed E-state index contributed by atoms with van der Waals surface area (Å²) in [4.78, 5) is 0. The normalized spacial score (nSPS) is 28.0. The van der Waals surface area contributed by atoms with Gasteiger partial charge in [0, 0.05) is 24.0 Å². The van der Waals surface area contributed by atoms with Crippen molar-refractivity contribution in [3.63, 3.8) is 0 Å². The zero-order chi connectivity index (χ0) is 22.9. The number of hydrogen-bond donors (Lipinski definition) is 2. The number of halogens is 6. The largest absolute Gasteiger partial charge is 0.416 e. The van der Waals surface area contributed by atoms with E-state index in [-0.39, 0.29) is 30.2 Å². The Balaban J connectivity index is 1.83. The van der Waals surface area contributed by atoms with Crippen LogP contribution in [-0.2, 0) is 17.1 Å². The van der Waals surface area contributed by atoms with Gasteiger partial charge in [-0.2, -0.15) is 26.3 Å². The first-order valence-corrected chi connectivity index (χ1v) is 10.2. The van der Waals surface area contributed by atoms with Gasteiger partial charge in [0.2, 0.25) is 0 Å². The minimum atomic E-state index is -4.89. The molecule has 0 spiro atoms. The first kappa shape index (κ1) is 23.8. The SMILES string of the molecule is C[C@@H](OC[C@@]1(C2C=CC=CC2)CC[C@H](N)CN1)c1cc(C(F)(F)F)cc(C(F)(F)F)c1. The Kier molecular flexibility index (Phi) is 6.88. The van der Waals surface area contributed by atoms with E-state index in [9.17, 15) is 26.3 Å². The maximum atomic E-state index is 13.2. The number of hydrogen-bond acceptors (Lipinski definition) is 3. The number of nitrogens with two attached hydrogens (primary N) is 1. The minimum Gasteiger partial charge on any atom is -0.372 e. The standard InChI is InChI=1S/C22H26F6N2O/c1-14(15-9-17(21(23,24)25)11-18(10-15)22(26,27)28)31-13-20(8-7-19(29)12-30-20)16-5-3-2-4-6-16/h2-5,9-11,14,16,19,30H,6-8,12-13,29H2,1H3/t14-,16?,19+,20-/m1/s1. The summed E-state index contributed by atoms with van der Waals surface area (Å²) in [6, 6.07) is 1.56. The van der Waals surface area contributed by atoms with Crippen LogP contribution in [-0.4, -0.2) is 24.7 Å². The zero-order valence-corrected chi connectivity index (χ0v) is 17.1. The van der Waals surface area contributed by atoms with Crippen molar-refractivity contribution < 1.29 is 31.1 Å². The van der Waals surface area contributed by atoms with E-state index in [0.29, 0.717) is 13.0 Å². The molecule has 0 radical (unpaired) electrons. The Morgan fingerprint density at radius 1 is 1.10 bits per heavy atom. The van der Waals surface area contributed by atoms with Crippen LogP contribution in [0.4, 0.5) is 26.3 Å². The molecule has 3 N–H and O–H groups in total.